The van der Waals surface area contributed by atoms with Crippen LogP contribution in [0.15, 0.2) is 57.8 Å². The van der Waals surface area contributed by atoms with Crippen LogP contribution in [0.5, 0.6) is 0 Å². The second kappa shape index (κ2) is 9.12. The Kier molecular flexibility index (Phi) is 6.28. The summed E-state index contributed by atoms with van der Waals surface area (Å²) in [5.74, 6) is 2.30. The molecule has 0 unspecified atom stereocenters. The van der Waals surface area contributed by atoms with Crippen LogP contribution in [0.1, 0.15) is 49.7 Å². The number of pyridine rings is 1. The molecule has 0 fully saturated rings. The first-order chi connectivity index (χ1) is 15.3. The first-order valence-electron chi connectivity index (χ1n) is 10.5. The van der Waals surface area contributed by atoms with Gasteiger partial charge in [-0.3, -0.25) is 4.98 Å². The molecule has 4 heterocycles. The van der Waals surface area contributed by atoms with Crippen molar-refractivity contribution in [1.29, 1.82) is 0 Å². The molecule has 0 amide bonds. The van der Waals surface area contributed by atoms with E-state index in [1.807, 2.05) is 38.3 Å². The van der Waals surface area contributed by atoms with Crippen molar-refractivity contribution in [2.45, 2.75) is 47.1 Å². The standard InChI is InChI=1S/C24H26ClN5O2/c1-14(2)24-27-10-15(3)23(29-24)21-9-19(6-7-26-21)30-11-20(25)22(8-16(30)4)32-13-18-12-31-17(5)28-18/h6-10,12,14H,11,13H2,1-5H3. The molecular weight excluding hydrogens is 426 g/mol. The lowest BCUT2D eigenvalue weighted by Gasteiger charge is -2.30. The molecule has 0 aliphatic carbocycles. The van der Waals surface area contributed by atoms with E-state index >= 15 is 0 Å². The van der Waals surface area contributed by atoms with Crippen LogP contribution < -0.4 is 4.90 Å². The van der Waals surface area contributed by atoms with E-state index in [4.69, 9.17) is 25.7 Å². The van der Waals surface area contributed by atoms with Crippen LogP contribution >= 0.6 is 11.6 Å². The van der Waals surface area contributed by atoms with Crippen molar-refractivity contribution in [3.63, 3.8) is 0 Å². The number of nitrogens with zero attached hydrogens (tertiary/aromatic N) is 5. The predicted molar refractivity (Wildman–Crippen MR) is 124 cm³/mol. The fourth-order valence-corrected chi connectivity index (χ4v) is 3.67. The molecule has 1 aliphatic rings. The maximum atomic E-state index is 6.59. The Labute approximate surface area is 192 Å². The number of allylic oxidation sites excluding steroid dienone is 2. The van der Waals surface area contributed by atoms with Gasteiger partial charge in [0.15, 0.2) is 5.89 Å². The number of rotatable bonds is 6. The number of ether oxygens (including phenoxy) is 1. The third kappa shape index (κ3) is 4.67. The van der Waals surface area contributed by atoms with Crippen LogP contribution in [0.25, 0.3) is 11.4 Å². The van der Waals surface area contributed by atoms with E-state index in [1.165, 1.54) is 0 Å². The zero-order chi connectivity index (χ0) is 22.8. The lowest BCUT2D eigenvalue weighted by Crippen LogP contribution is -2.26. The van der Waals surface area contributed by atoms with Crippen molar-refractivity contribution >= 4 is 17.3 Å². The largest absolute Gasteiger partial charge is 0.486 e. The van der Waals surface area contributed by atoms with Gasteiger partial charge in [0.05, 0.1) is 23.0 Å². The van der Waals surface area contributed by atoms with Gasteiger partial charge in [-0.1, -0.05) is 25.4 Å². The zero-order valence-electron chi connectivity index (χ0n) is 18.9. The highest BCUT2D eigenvalue weighted by molar-refractivity contribution is 6.30. The highest BCUT2D eigenvalue weighted by Crippen LogP contribution is 2.31. The number of halogens is 1. The monoisotopic (exact) mass is 451 g/mol. The summed E-state index contributed by atoms with van der Waals surface area (Å²) in [7, 11) is 0. The molecule has 3 aromatic rings. The van der Waals surface area contributed by atoms with Gasteiger partial charge >= 0.3 is 0 Å². The average molecular weight is 452 g/mol. The fraction of sp³-hybridized carbons (Fsp3) is 0.333. The molecule has 8 heteroatoms. The molecular formula is C24H26ClN5O2. The molecule has 0 aromatic carbocycles. The number of aryl methyl sites for hydroxylation is 2. The van der Waals surface area contributed by atoms with E-state index in [2.05, 4.69) is 33.7 Å². The van der Waals surface area contributed by atoms with Crippen LogP contribution in [0.2, 0.25) is 0 Å². The number of oxazole rings is 1. The highest BCUT2D eigenvalue weighted by Gasteiger charge is 2.21. The van der Waals surface area contributed by atoms with Gasteiger partial charge < -0.3 is 14.1 Å². The molecule has 3 aromatic heterocycles. The van der Waals surface area contributed by atoms with Gasteiger partial charge in [0, 0.05) is 42.7 Å². The summed E-state index contributed by atoms with van der Waals surface area (Å²) in [6.45, 7) is 10.8. The lowest BCUT2D eigenvalue weighted by atomic mass is 10.1. The maximum Gasteiger partial charge on any atom is 0.191 e. The Morgan fingerprint density at radius 2 is 2.00 bits per heavy atom. The van der Waals surface area contributed by atoms with Crippen molar-refractivity contribution in [3.8, 4) is 11.4 Å². The van der Waals surface area contributed by atoms with Crippen molar-refractivity contribution < 1.29 is 9.15 Å². The van der Waals surface area contributed by atoms with E-state index in [-0.39, 0.29) is 5.92 Å². The minimum atomic E-state index is 0.244. The summed E-state index contributed by atoms with van der Waals surface area (Å²) in [6.07, 6.45) is 7.18. The molecule has 32 heavy (non-hydrogen) atoms. The van der Waals surface area contributed by atoms with Crippen LogP contribution in [-0.2, 0) is 11.3 Å². The van der Waals surface area contributed by atoms with Crippen molar-refractivity contribution in [1.82, 2.24) is 19.9 Å². The molecule has 0 N–H and O–H groups in total. The first-order valence-corrected chi connectivity index (χ1v) is 10.9. The summed E-state index contributed by atoms with van der Waals surface area (Å²) in [4.78, 5) is 20.1. The van der Waals surface area contributed by atoms with E-state index in [9.17, 15) is 0 Å². The number of hydrogen-bond donors (Lipinski definition) is 0. The van der Waals surface area contributed by atoms with E-state index in [0.717, 1.165) is 39.9 Å². The molecule has 1 aliphatic heterocycles. The van der Waals surface area contributed by atoms with Crippen LogP contribution in [0.4, 0.5) is 5.69 Å². The van der Waals surface area contributed by atoms with E-state index in [0.29, 0.717) is 29.8 Å². The molecule has 0 radical (unpaired) electrons. The minimum absolute atomic E-state index is 0.244. The molecule has 7 nitrogen and oxygen atoms in total. The summed E-state index contributed by atoms with van der Waals surface area (Å²) < 4.78 is 11.1. The van der Waals surface area contributed by atoms with Crippen LogP contribution in [0, 0.1) is 13.8 Å². The molecule has 166 valence electrons. The van der Waals surface area contributed by atoms with Gasteiger partial charge in [-0.25, -0.2) is 15.0 Å². The van der Waals surface area contributed by atoms with Crippen molar-refractivity contribution in [2.24, 2.45) is 0 Å². The fourth-order valence-electron chi connectivity index (χ4n) is 3.44. The average Bonchev–Trinajstić information content (AvgIpc) is 3.19. The van der Waals surface area contributed by atoms with Gasteiger partial charge in [-0.2, -0.15) is 0 Å². The molecule has 0 saturated heterocycles. The molecule has 0 atom stereocenters. The quantitative estimate of drug-likeness (QED) is 0.478. The Balaban J connectivity index is 1.56. The van der Waals surface area contributed by atoms with Gasteiger partial charge in [0.25, 0.3) is 0 Å². The summed E-state index contributed by atoms with van der Waals surface area (Å²) in [5.41, 5.74) is 5.37. The van der Waals surface area contributed by atoms with Gasteiger partial charge in [0.2, 0.25) is 0 Å². The Hall–Kier alpha value is -3.19. The molecule has 4 rings (SSSR count). The van der Waals surface area contributed by atoms with Gasteiger partial charge in [-0.05, 0) is 31.5 Å². The normalized spacial score (nSPS) is 14.2. The predicted octanol–water partition coefficient (Wildman–Crippen LogP) is 5.66. The number of anilines is 1. The highest BCUT2D eigenvalue weighted by atomic mass is 35.5. The second-order valence-corrected chi connectivity index (χ2v) is 8.56. The van der Waals surface area contributed by atoms with Gasteiger partial charge in [-0.15, -0.1) is 0 Å². The number of hydrogen-bond acceptors (Lipinski definition) is 7. The Morgan fingerprint density at radius 1 is 1.19 bits per heavy atom. The Bertz CT molecular complexity index is 1200. The molecule has 0 bridgehead atoms. The SMILES string of the molecule is CC1=CC(OCc2coc(C)n2)=C(Cl)CN1c1ccnc(-c2nc(C(C)C)ncc2C)c1. The third-order valence-electron chi connectivity index (χ3n) is 5.18. The second-order valence-electron chi connectivity index (χ2n) is 8.10. The smallest absolute Gasteiger partial charge is 0.191 e. The lowest BCUT2D eigenvalue weighted by molar-refractivity contribution is 0.204. The topological polar surface area (TPSA) is 77.2 Å². The third-order valence-corrected chi connectivity index (χ3v) is 5.48. The summed E-state index contributed by atoms with van der Waals surface area (Å²) >= 11 is 6.59. The van der Waals surface area contributed by atoms with Crippen LogP contribution in [-0.4, -0.2) is 26.5 Å². The minimum Gasteiger partial charge on any atom is -0.486 e. The van der Waals surface area contributed by atoms with Crippen molar-refractivity contribution in [3.05, 3.63) is 76.3 Å². The van der Waals surface area contributed by atoms with E-state index < -0.39 is 0 Å². The molecule has 0 spiro atoms. The van der Waals surface area contributed by atoms with Crippen molar-refractivity contribution in [2.75, 3.05) is 11.4 Å². The Morgan fingerprint density at radius 3 is 2.72 bits per heavy atom. The van der Waals surface area contributed by atoms with Gasteiger partial charge in [0.1, 0.15) is 30.1 Å². The molecule has 0 saturated carbocycles. The first kappa shape index (κ1) is 22.0. The number of aromatic nitrogens is 4. The summed E-state index contributed by atoms with van der Waals surface area (Å²) in [6, 6.07) is 4.00. The zero-order valence-corrected chi connectivity index (χ0v) is 19.6. The van der Waals surface area contributed by atoms with Crippen LogP contribution in [0.3, 0.4) is 0 Å². The maximum absolute atomic E-state index is 6.59. The summed E-state index contributed by atoms with van der Waals surface area (Å²) in [5, 5.41) is 0.620. The van der Waals surface area contributed by atoms with E-state index in [1.54, 1.807) is 19.4 Å².